The first-order valence-corrected chi connectivity index (χ1v) is 9.44. The van der Waals surface area contributed by atoms with Gasteiger partial charge >= 0.3 is 0 Å². The average molecular weight is 352 g/mol. The first-order valence-electron chi connectivity index (χ1n) is 9.44. The van der Waals surface area contributed by atoms with Crippen LogP contribution in [0, 0.1) is 5.92 Å². The van der Waals surface area contributed by atoms with E-state index in [2.05, 4.69) is 25.3 Å². The SMILES string of the molecule is O=C(C1CCCCC1)N1CC[C@H](c2ccnc(Nc3cnccn3)n2)C1. The van der Waals surface area contributed by atoms with Gasteiger partial charge in [-0.25, -0.2) is 15.0 Å². The molecule has 0 radical (unpaired) electrons. The summed E-state index contributed by atoms with van der Waals surface area (Å²) in [6.45, 7) is 1.59. The van der Waals surface area contributed by atoms with Crippen molar-refractivity contribution in [2.75, 3.05) is 18.4 Å². The molecule has 1 N–H and O–H groups in total. The van der Waals surface area contributed by atoms with Crippen molar-refractivity contribution in [3.63, 3.8) is 0 Å². The largest absolute Gasteiger partial charge is 0.342 e. The second kappa shape index (κ2) is 7.76. The Morgan fingerprint density at radius 1 is 1.08 bits per heavy atom. The molecule has 0 spiro atoms. The Hall–Kier alpha value is -2.57. The summed E-state index contributed by atoms with van der Waals surface area (Å²) in [5, 5.41) is 3.08. The Morgan fingerprint density at radius 2 is 1.96 bits per heavy atom. The fourth-order valence-corrected chi connectivity index (χ4v) is 3.95. The van der Waals surface area contributed by atoms with Gasteiger partial charge in [0.25, 0.3) is 0 Å². The molecular formula is C19H24N6O. The van der Waals surface area contributed by atoms with Gasteiger partial charge in [-0.3, -0.25) is 9.78 Å². The Labute approximate surface area is 153 Å². The van der Waals surface area contributed by atoms with Crippen molar-refractivity contribution in [2.24, 2.45) is 5.92 Å². The summed E-state index contributed by atoms with van der Waals surface area (Å²) in [5.74, 6) is 1.99. The van der Waals surface area contributed by atoms with Crippen molar-refractivity contribution < 1.29 is 4.79 Å². The quantitative estimate of drug-likeness (QED) is 0.911. The van der Waals surface area contributed by atoms with Crippen LogP contribution in [0.25, 0.3) is 0 Å². The number of hydrogen-bond acceptors (Lipinski definition) is 6. The van der Waals surface area contributed by atoms with Gasteiger partial charge in [-0.1, -0.05) is 19.3 Å². The molecule has 1 atom stereocenters. The number of aromatic nitrogens is 4. The molecule has 4 rings (SSSR count). The first kappa shape index (κ1) is 16.9. The average Bonchev–Trinajstić information content (AvgIpc) is 3.19. The van der Waals surface area contributed by atoms with Gasteiger partial charge in [0, 0.05) is 43.5 Å². The Morgan fingerprint density at radius 3 is 2.77 bits per heavy atom. The Kier molecular flexibility index (Phi) is 5.04. The standard InChI is InChI=1S/C19H24N6O/c26-18(14-4-2-1-3-5-14)25-11-7-15(13-25)16-6-8-22-19(23-16)24-17-12-20-9-10-21-17/h6,8-10,12,14-15H,1-5,7,11,13H2,(H,21,22,23,24)/t15-/m0/s1. The molecule has 1 saturated carbocycles. The minimum absolute atomic E-state index is 0.238. The zero-order valence-electron chi connectivity index (χ0n) is 14.8. The van der Waals surface area contributed by atoms with Gasteiger partial charge in [0.1, 0.15) is 0 Å². The van der Waals surface area contributed by atoms with Crippen molar-refractivity contribution in [3.8, 4) is 0 Å². The van der Waals surface area contributed by atoms with E-state index in [1.807, 2.05) is 11.0 Å². The molecule has 7 nitrogen and oxygen atoms in total. The molecule has 0 bridgehead atoms. The van der Waals surface area contributed by atoms with Gasteiger partial charge in [-0.2, -0.15) is 0 Å². The molecule has 1 amide bonds. The van der Waals surface area contributed by atoms with E-state index in [4.69, 9.17) is 0 Å². The van der Waals surface area contributed by atoms with E-state index < -0.39 is 0 Å². The third kappa shape index (κ3) is 3.81. The summed E-state index contributed by atoms with van der Waals surface area (Å²) >= 11 is 0. The van der Waals surface area contributed by atoms with Crippen LogP contribution in [0.2, 0.25) is 0 Å². The zero-order valence-corrected chi connectivity index (χ0v) is 14.8. The summed E-state index contributed by atoms with van der Waals surface area (Å²) in [7, 11) is 0. The molecule has 2 aromatic heterocycles. The second-order valence-electron chi connectivity index (χ2n) is 7.13. The van der Waals surface area contributed by atoms with E-state index in [1.54, 1.807) is 24.8 Å². The number of rotatable bonds is 4. The van der Waals surface area contributed by atoms with E-state index in [0.717, 1.165) is 38.0 Å². The molecule has 2 fully saturated rings. The highest BCUT2D eigenvalue weighted by molar-refractivity contribution is 5.79. The van der Waals surface area contributed by atoms with Gasteiger partial charge in [-0.05, 0) is 25.3 Å². The molecule has 2 aliphatic rings. The predicted octanol–water partition coefficient (Wildman–Crippen LogP) is 2.91. The van der Waals surface area contributed by atoms with Crippen LogP contribution in [0.5, 0.6) is 0 Å². The molecule has 7 heteroatoms. The normalized spacial score (nSPS) is 20.9. The van der Waals surface area contributed by atoms with E-state index in [1.165, 1.54) is 19.3 Å². The zero-order chi connectivity index (χ0) is 17.8. The van der Waals surface area contributed by atoms with Crippen molar-refractivity contribution in [3.05, 3.63) is 36.5 Å². The van der Waals surface area contributed by atoms with Gasteiger partial charge in [0.2, 0.25) is 11.9 Å². The number of amides is 1. The summed E-state index contributed by atoms with van der Waals surface area (Å²) in [6, 6.07) is 1.95. The molecular weight excluding hydrogens is 328 g/mol. The van der Waals surface area contributed by atoms with E-state index in [0.29, 0.717) is 17.7 Å². The lowest BCUT2D eigenvalue weighted by Crippen LogP contribution is -2.35. The van der Waals surface area contributed by atoms with Gasteiger partial charge < -0.3 is 10.2 Å². The fourth-order valence-electron chi connectivity index (χ4n) is 3.95. The minimum atomic E-state index is 0.238. The maximum absolute atomic E-state index is 12.8. The van der Waals surface area contributed by atoms with Crippen molar-refractivity contribution in [1.29, 1.82) is 0 Å². The van der Waals surface area contributed by atoms with Crippen molar-refractivity contribution in [1.82, 2.24) is 24.8 Å². The highest BCUT2D eigenvalue weighted by atomic mass is 16.2. The lowest BCUT2D eigenvalue weighted by molar-refractivity contribution is -0.135. The van der Waals surface area contributed by atoms with Crippen molar-refractivity contribution >= 4 is 17.7 Å². The van der Waals surface area contributed by atoms with Gasteiger partial charge in [0.15, 0.2) is 5.82 Å². The lowest BCUT2D eigenvalue weighted by atomic mass is 9.88. The van der Waals surface area contributed by atoms with Crippen LogP contribution in [0.15, 0.2) is 30.9 Å². The monoisotopic (exact) mass is 352 g/mol. The van der Waals surface area contributed by atoms with Crippen LogP contribution in [0.4, 0.5) is 11.8 Å². The molecule has 26 heavy (non-hydrogen) atoms. The van der Waals surface area contributed by atoms with E-state index in [9.17, 15) is 4.79 Å². The van der Waals surface area contributed by atoms with Crippen LogP contribution in [-0.2, 0) is 4.79 Å². The Bertz CT molecular complexity index is 747. The number of anilines is 2. The molecule has 2 aromatic rings. The fraction of sp³-hybridized carbons (Fsp3) is 0.526. The molecule has 1 aliphatic carbocycles. The number of hydrogen-bond donors (Lipinski definition) is 1. The first-order chi connectivity index (χ1) is 12.8. The van der Waals surface area contributed by atoms with E-state index >= 15 is 0 Å². The maximum atomic E-state index is 12.8. The van der Waals surface area contributed by atoms with Crippen molar-refractivity contribution in [2.45, 2.75) is 44.4 Å². The highest BCUT2D eigenvalue weighted by Gasteiger charge is 2.32. The maximum Gasteiger partial charge on any atom is 0.228 e. The molecule has 1 aliphatic heterocycles. The van der Waals surface area contributed by atoms with Crippen LogP contribution in [0.1, 0.15) is 50.1 Å². The molecule has 1 saturated heterocycles. The number of carbonyl (C=O) groups excluding carboxylic acids is 1. The molecule has 0 unspecified atom stereocenters. The minimum Gasteiger partial charge on any atom is -0.342 e. The third-order valence-electron chi connectivity index (χ3n) is 5.35. The molecule has 0 aromatic carbocycles. The molecule has 136 valence electrons. The van der Waals surface area contributed by atoms with Gasteiger partial charge in [-0.15, -0.1) is 0 Å². The Balaban J connectivity index is 1.40. The van der Waals surface area contributed by atoms with Gasteiger partial charge in [0.05, 0.1) is 11.9 Å². The van der Waals surface area contributed by atoms with Crippen LogP contribution in [-0.4, -0.2) is 43.8 Å². The smallest absolute Gasteiger partial charge is 0.228 e. The second-order valence-corrected chi connectivity index (χ2v) is 7.13. The summed E-state index contributed by atoms with van der Waals surface area (Å²) < 4.78 is 0. The number of nitrogens with one attached hydrogen (secondary N) is 1. The van der Waals surface area contributed by atoms with Crippen LogP contribution in [0.3, 0.4) is 0 Å². The molecule has 3 heterocycles. The lowest BCUT2D eigenvalue weighted by Gasteiger charge is -2.26. The van der Waals surface area contributed by atoms with Crippen LogP contribution < -0.4 is 5.32 Å². The third-order valence-corrected chi connectivity index (χ3v) is 5.35. The summed E-state index contributed by atoms with van der Waals surface area (Å²) in [5.41, 5.74) is 0.977. The number of likely N-dealkylation sites (tertiary alicyclic amines) is 1. The number of carbonyl (C=O) groups is 1. The summed E-state index contributed by atoms with van der Waals surface area (Å²) in [4.78, 5) is 31.9. The van der Waals surface area contributed by atoms with E-state index in [-0.39, 0.29) is 11.8 Å². The highest BCUT2D eigenvalue weighted by Crippen LogP contribution is 2.31. The summed E-state index contributed by atoms with van der Waals surface area (Å²) in [6.07, 6.45) is 13.4. The predicted molar refractivity (Wildman–Crippen MR) is 97.9 cm³/mol. The number of nitrogens with zero attached hydrogens (tertiary/aromatic N) is 5. The topological polar surface area (TPSA) is 83.9 Å². The van der Waals surface area contributed by atoms with Crippen LogP contribution >= 0.6 is 0 Å².